The van der Waals surface area contributed by atoms with Gasteiger partial charge in [-0.25, -0.2) is 0 Å². The van der Waals surface area contributed by atoms with Crippen LogP contribution in [0.4, 0.5) is 0 Å². The fraction of sp³-hybridized carbons (Fsp3) is 0.214. The van der Waals surface area contributed by atoms with E-state index in [1.807, 2.05) is 18.2 Å². The summed E-state index contributed by atoms with van der Waals surface area (Å²) in [7, 11) is 0. The SMILES string of the molecule is Cc1cccnc1CNCc1cc(Cl)ccc1Cl. The maximum Gasteiger partial charge on any atom is 0.0570 e. The first-order chi connectivity index (χ1) is 8.66. The molecule has 0 spiro atoms. The van der Waals surface area contributed by atoms with Crippen LogP contribution in [0.25, 0.3) is 0 Å². The van der Waals surface area contributed by atoms with Gasteiger partial charge >= 0.3 is 0 Å². The summed E-state index contributed by atoms with van der Waals surface area (Å²) in [5, 5.41) is 4.75. The molecule has 0 saturated heterocycles. The van der Waals surface area contributed by atoms with E-state index in [0.29, 0.717) is 11.6 Å². The Morgan fingerprint density at radius 3 is 2.78 bits per heavy atom. The number of pyridine rings is 1. The van der Waals surface area contributed by atoms with Crippen LogP contribution in [0, 0.1) is 6.92 Å². The van der Waals surface area contributed by atoms with Gasteiger partial charge in [0, 0.05) is 29.3 Å². The van der Waals surface area contributed by atoms with Gasteiger partial charge in [-0.15, -0.1) is 0 Å². The van der Waals surface area contributed by atoms with Crippen LogP contribution < -0.4 is 5.32 Å². The van der Waals surface area contributed by atoms with Gasteiger partial charge in [0.15, 0.2) is 0 Å². The smallest absolute Gasteiger partial charge is 0.0570 e. The fourth-order valence-corrected chi connectivity index (χ4v) is 2.08. The van der Waals surface area contributed by atoms with Crippen molar-refractivity contribution in [2.45, 2.75) is 20.0 Å². The van der Waals surface area contributed by atoms with Crippen LogP contribution in [-0.2, 0) is 13.1 Å². The highest BCUT2D eigenvalue weighted by Crippen LogP contribution is 2.20. The summed E-state index contributed by atoms with van der Waals surface area (Å²) in [6, 6.07) is 9.47. The molecule has 94 valence electrons. The summed E-state index contributed by atoms with van der Waals surface area (Å²) in [5.74, 6) is 0. The Morgan fingerprint density at radius 1 is 1.17 bits per heavy atom. The molecule has 0 aliphatic heterocycles. The van der Waals surface area contributed by atoms with E-state index in [0.717, 1.165) is 22.8 Å². The third-order valence-electron chi connectivity index (χ3n) is 2.73. The van der Waals surface area contributed by atoms with Gasteiger partial charge in [0.05, 0.1) is 5.69 Å². The van der Waals surface area contributed by atoms with E-state index >= 15 is 0 Å². The highest BCUT2D eigenvalue weighted by Gasteiger charge is 2.02. The summed E-state index contributed by atoms with van der Waals surface area (Å²) < 4.78 is 0. The third kappa shape index (κ3) is 3.45. The second-order valence-corrected chi connectivity index (χ2v) is 4.95. The molecule has 0 bridgehead atoms. The molecule has 0 radical (unpaired) electrons. The van der Waals surface area contributed by atoms with Gasteiger partial charge in [0.25, 0.3) is 0 Å². The zero-order chi connectivity index (χ0) is 13.0. The summed E-state index contributed by atoms with van der Waals surface area (Å²) in [4.78, 5) is 4.33. The largest absolute Gasteiger partial charge is 0.307 e. The number of rotatable bonds is 4. The van der Waals surface area contributed by atoms with Crippen molar-refractivity contribution in [2.24, 2.45) is 0 Å². The van der Waals surface area contributed by atoms with Crippen molar-refractivity contribution >= 4 is 23.2 Å². The molecular formula is C14H14Cl2N2. The summed E-state index contributed by atoms with van der Waals surface area (Å²) in [6.45, 7) is 3.45. The van der Waals surface area contributed by atoms with Gasteiger partial charge in [0.2, 0.25) is 0 Å². The van der Waals surface area contributed by atoms with Crippen molar-refractivity contribution in [1.29, 1.82) is 0 Å². The molecule has 0 aliphatic rings. The lowest BCUT2D eigenvalue weighted by Gasteiger charge is -2.08. The molecule has 1 aromatic carbocycles. The van der Waals surface area contributed by atoms with Crippen LogP contribution in [0.1, 0.15) is 16.8 Å². The van der Waals surface area contributed by atoms with E-state index in [1.165, 1.54) is 5.56 Å². The molecule has 0 unspecified atom stereocenters. The van der Waals surface area contributed by atoms with Gasteiger partial charge in [-0.05, 0) is 42.3 Å². The molecule has 2 nitrogen and oxygen atoms in total. The molecule has 0 saturated carbocycles. The van der Waals surface area contributed by atoms with Crippen LogP contribution >= 0.6 is 23.2 Å². The highest BCUT2D eigenvalue weighted by atomic mass is 35.5. The molecule has 4 heteroatoms. The number of aromatic nitrogens is 1. The van der Waals surface area contributed by atoms with Crippen molar-refractivity contribution in [3.63, 3.8) is 0 Å². The predicted molar refractivity (Wildman–Crippen MR) is 76.0 cm³/mol. The molecule has 1 aromatic heterocycles. The monoisotopic (exact) mass is 280 g/mol. The second kappa shape index (κ2) is 6.19. The maximum atomic E-state index is 6.09. The first kappa shape index (κ1) is 13.3. The Bertz CT molecular complexity index is 541. The van der Waals surface area contributed by atoms with Crippen LogP contribution in [0.3, 0.4) is 0 Å². The van der Waals surface area contributed by atoms with E-state index in [1.54, 1.807) is 12.3 Å². The molecule has 2 rings (SSSR count). The van der Waals surface area contributed by atoms with E-state index in [-0.39, 0.29) is 0 Å². The molecule has 0 atom stereocenters. The van der Waals surface area contributed by atoms with Crippen LogP contribution in [-0.4, -0.2) is 4.98 Å². The molecule has 1 heterocycles. The quantitative estimate of drug-likeness (QED) is 0.916. The lowest BCUT2D eigenvalue weighted by molar-refractivity contribution is 0.676. The average molecular weight is 281 g/mol. The summed E-state index contributed by atoms with van der Waals surface area (Å²) in [6.07, 6.45) is 1.80. The molecule has 1 N–H and O–H groups in total. The number of benzene rings is 1. The van der Waals surface area contributed by atoms with Crippen LogP contribution in [0.2, 0.25) is 10.0 Å². The number of halogens is 2. The number of aryl methyl sites for hydroxylation is 1. The lowest BCUT2D eigenvalue weighted by atomic mass is 10.2. The van der Waals surface area contributed by atoms with Crippen molar-refractivity contribution in [1.82, 2.24) is 10.3 Å². The minimum absolute atomic E-state index is 0.676. The van der Waals surface area contributed by atoms with Crippen molar-refractivity contribution in [3.8, 4) is 0 Å². The van der Waals surface area contributed by atoms with Crippen LogP contribution in [0.15, 0.2) is 36.5 Å². The third-order valence-corrected chi connectivity index (χ3v) is 3.34. The first-order valence-corrected chi connectivity index (χ1v) is 6.47. The van der Waals surface area contributed by atoms with E-state index in [2.05, 4.69) is 23.3 Å². The molecule has 18 heavy (non-hydrogen) atoms. The van der Waals surface area contributed by atoms with Gasteiger partial charge in [-0.2, -0.15) is 0 Å². The molecule has 0 aliphatic carbocycles. The molecule has 0 amide bonds. The number of nitrogens with one attached hydrogen (secondary N) is 1. The minimum atomic E-state index is 0.676. The standard InChI is InChI=1S/C14H14Cl2N2/c1-10-3-2-6-18-14(10)9-17-8-11-7-12(15)4-5-13(11)16/h2-7,17H,8-9H2,1H3. The number of hydrogen-bond donors (Lipinski definition) is 1. The van der Waals surface area contributed by atoms with Crippen LogP contribution in [0.5, 0.6) is 0 Å². The normalized spacial score (nSPS) is 10.6. The molecule has 0 fully saturated rings. The topological polar surface area (TPSA) is 24.9 Å². The van der Waals surface area contributed by atoms with Gasteiger partial charge in [0.1, 0.15) is 0 Å². The Hall–Kier alpha value is -1.09. The number of hydrogen-bond acceptors (Lipinski definition) is 2. The summed E-state index contributed by atoms with van der Waals surface area (Å²) in [5.41, 5.74) is 3.23. The zero-order valence-electron chi connectivity index (χ0n) is 10.1. The highest BCUT2D eigenvalue weighted by molar-refractivity contribution is 6.33. The molecular weight excluding hydrogens is 267 g/mol. The number of nitrogens with zero attached hydrogens (tertiary/aromatic N) is 1. The summed E-state index contributed by atoms with van der Waals surface area (Å²) >= 11 is 12.0. The Kier molecular flexibility index (Phi) is 4.59. The average Bonchev–Trinajstić information content (AvgIpc) is 2.36. The first-order valence-electron chi connectivity index (χ1n) is 5.72. The second-order valence-electron chi connectivity index (χ2n) is 4.11. The Balaban J connectivity index is 1.96. The minimum Gasteiger partial charge on any atom is -0.307 e. The molecule has 2 aromatic rings. The van der Waals surface area contributed by atoms with Gasteiger partial charge in [-0.1, -0.05) is 29.3 Å². The van der Waals surface area contributed by atoms with Gasteiger partial charge < -0.3 is 5.32 Å². The lowest BCUT2D eigenvalue weighted by Crippen LogP contribution is -2.14. The van der Waals surface area contributed by atoms with E-state index < -0.39 is 0 Å². The van der Waals surface area contributed by atoms with Crippen molar-refractivity contribution in [3.05, 3.63) is 63.4 Å². The van der Waals surface area contributed by atoms with Crippen molar-refractivity contribution < 1.29 is 0 Å². The van der Waals surface area contributed by atoms with Gasteiger partial charge in [-0.3, -0.25) is 4.98 Å². The van der Waals surface area contributed by atoms with Crippen molar-refractivity contribution in [2.75, 3.05) is 0 Å². The zero-order valence-corrected chi connectivity index (χ0v) is 11.6. The van der Waals surface area contributed by atoms with E-state index in [4.69, 9.17) is 23.2 Å². The Morgan fingerprint density at radius 2 is 2.00 bits per heavy atom. The van der Waals surface area contributed by atoms with E-state index in [9.17, 15) is 0 Å². The fourth-order valence-electron chi connectivity index (χ4n) is 1.70. The maximum absolute atomic E-state index is 6.09. The Labute approximate surface area is 117 Å². The predicted octanol–water partition coefficient (Wildman–Crippen LogP) is 3.99.